The van der Waals surface area contributed by atoms with Crippen molar-refractivity contribution in [1.29, 1.82) is 0 Å². The lowest BCUT2D eigenvalue weighted by atomic mass is 10.00. The number of piperidine rings is 1. The minimum absolute atomic E-state index is 0.214. The van der Waals surface area contributed by atoms with Crippen molar-refractivity contribution in [1.82, 2.24) is 20.1 Å². The molecule has 3 N–H and O–H groups in total. The van der Waals surface area contributed by atoms with Crippen LogP contribution in [0, 0.1) is 0 Å². The van der Waals surface area contributed by atoms with Crippen molar-refractivity contribution in [2.75, 3.05) is 13.2 Å². The van der Waals surface area contributed by atoms with E-state index in [1.807, 2.05) is 0 Å². The van der Waals surface area contributed by atoms with Gasteiger partial charge in [0.2, 0.25) is 0 Å². The number of carboxylic acid groups (broad SMARTS) is 1. The smallest absolute Gasteiger partial charge is 0.341 e. The highest BCUT2D eigenvalue weighted by Crippen LogP contribution is 2.30. The first-order valence-electron chi connectivity index (χ1n) is 7.95. The number of nitrogens with one attached hydrogen (secondary N) is 2. The zero-order valence-corrected chi connectivity index (χ0v) is 13.4. The number of H-pyrrole nitrogens is 2. The first-order valence-corrected chi connectivity index (χ1v) is 7.95. The third-order valence-corrected chi connectivity index (χ3v) is 4.04. The summed E-state index contributed by atoms with van der Waals surface area (Å²) >= 11 is 0. The van der Waals surface area contributed by atoms with Crippen LogP contribution < -0.4 is 10.4 Å². The Labute approximate surface area is 142 Å². The number of aliphatic carboxylic acids is 1. The lowest BCUT2D eigenvalue weighted by molar-refractivity contribution is -0.139. The largest absolute Gasteiger partial charge is 0.482 e. The first kappa shape index (κ1) is 16.7. The number of carboxylic acids is 1. The summed E-state index contributed by atoms with van der Waals surface area (Å²) in [6.07, 6.45) is 2.51. The van der Waals surface area contributed by atoms with Crippen LogP contribution in [-0.2, 0) is 4.79 Å². The Kier molecular flexibility index (Phi) is 4.82. The molecule has 1 aliphatic rings. The molecule has 0 radical (unpaired) electrons. The average Bonchev–Trinajstić information content (AvgIpc) is 3.06. The predicted molar refractivity (Wildman–Crippen MR) is 86.4 cm³/mol. The molecule has 2 heterocycles. The summed E-state index contributed by atoms with van der Waals surface area (Å²) in [5.74, 6) is -0.545. The Morgan fingerprint density at radius 2 is 2.20 bits per heavy atom. The fourth-order valence-electron chi connectivity index (χ4n) is 2.93. The first-order chi connectivity index (χ1) is 12.0. The number of likely N-dealkylation sites (tertiary alicyclic amines) is 1. The Morgan fingerprint density at radius 1 is 1.36 bits per heavy atom. The normalized spacial score (nSPS) is 17.3. The zero-order chi connectivity index (χ0) is 17.8. The van der Waals surface area contributed by atoms with Crippen LogP contribution >= 0.6 is 0 Å². The SMILES string of the molecule is O=C(O)COc1cccc(C(=O)N2CCCCC2c2n[nH]c(=O)[nH]2)c1. The van der Waals surface area contributed by atoms with Gasteiger partial charge in [-0.2, -0.15) is 5.10 Å². The quantitative estimate of drug-likeness (QED) is 0.739. The molecular formula is C16H18N4O5. The average molecular weight is 346 g/mol. The van der Waals surface area contributed by atoms with Crippen LogP contribution in [0.1, 0.15) is 41.5 Å². The van der Waals surface area contributed by atoms with Crippen molar-refractivity contribution in [2.24, 2.45) is 0 Å². The van der Waals surface area contributed by atoms with Crippen LogP contribution in [0.5, 0.6) is 5.75 Å². The van der Waals surface area contributed by atoms with Gasteiger partial charge in [0.1, 0.15) is 5.75 Å². The van der Waals surface area contributed by atoms with Gasteiger partial charge in [-0.05, 0) is 37.5 Å². The van der Waals surface area contributed by atoms with Crippen molar-refractivity contribution in [3.05, 3.63) is 46.1 Å². The van der Waals surface area contributed by atoms with Gasteiger partial charge in [-0.25, -0.2) is 14.7 Å². The van der Waals surface area contributed by atoms with Crippen LogP contribution in [0.2, 0.25) is 0 Å². The molecule has 0 spiro atoms. The van der Waals surface area contributed by atoms with Gasteiger partial charge in [0.15, 0.2) is 12.4 Å². The van der Waals surface area contributed by atoms with E-state index < -0.39 is 18.3 Å². The Balaban J connectivity index is 1.81. The molecule has 1 fully saturated rings. The lowest BCUT2D eigenvalue weighted by Gasteiger charge is -2.34. The van der Waals surface area contributed by atoms with E-state index in [-0.39, 0.29) is 11.9 Å². The molecule has 9 heteroatoms. The second-order valence-electron chi connectivity index (χ2n) is 5.78. The number of hydrogen-bond acceptors (Lipinski definition) is 5. The van der Waals surface area contributed by atoms with Gasteiger partial charge in [-0.15, -0.1) is 0 Å². The van der Waals surface area contributed by atoms with E-state index in [0.717, 1.165) is 12.8 Å². The van der Waals surface area contributed by atoms with E-state index in [0.29, 0.717) is 30.1 Å². The number of hydrogen-bond donors (Lipinski definition) is 3. The van der Waals surface area contributed by atoms with Crippen LogP contribution in [0.4, 0.5) is 0 Å². The second-order valence-corrected chi connectivity index (χ2v) is 5.78. The van der Waals surface area contributed by atoms with Gasteiger partial charge >= 0.3 is 11.7 Å². The Bertz CT molecular complexity index is 828. The summed E-state index contributed by atoms with van der Waals surface area (Å²) in [5.41, 5.74) is -0.00953. The van der Waals surface area contributed by atoms with Crippen LogP contribution in [-0.4, -0.2) is 50.2 Å². The molecule has 1 amide bonds. The van der Waals surface area contributed by atoms with Crippen molar-refractivity contribution in [3.8, 4) is 5.75 Å². The summed E-state index contributed by atoms with van der Waals surface area (Å²) in [5, 5.41) is 15.0. The molecule has 1 unspecified atom stereocenters. The fraction of sp³-hybridized carbons (Fsp3) is 0.375. The maximum atomic E-state index is 12.9. The van der Waals surface area contributed by atoms with Gasteiger partial charge < -0.3 is 14.7 Å². The third-order valence-electron chi connectivity index (χ3n) is 4.04. The zero-order valence-electron chi connectivity index (χ0n) is 13.4. The van der Waals surface area contributed by atoms with Gasteiger partial charge in [-0.1, -0.05) is 6.07 Å². The molecule has 25 heavy (non-hydrogen) atoms. The van der Waals surface area contributed by atoms with E-state index in [9.17, 15) is 14.4 Å². The summed E-state index contributed by atoms with van der Waals surface area (Å²) < 4.78 is 5.13. The molecule has 1 atom stereocenters. The van der Waals surface area contributed by atoms with E-state index in [4.69, 9.17) is 9.84 Å². The molecular weight excluding hydrogens is 328 g/mol. The summed E-state index contributed by atoms with van der Waals surface area (Å²) in [4.78, 5) is 39.1. The fourth-order valence-corrected chi connectivity index (χ4v) is 2.93. The number of rotatable bonds is 5. The molecule has 1 aliphatic heterocycles. The van der Waals surface area contributed by atoms with Gasteiger partial charge in [0.05, 0.1) is 6.04 Å². The van der Waals surface area contributed by atoms with Crippen LogP contribution in [0.3, 0.4) is 0 Å². The number of ether oxygens (including phenoxy) is 1. The van der Waals surface area contributed by atoms with Gasteiger partial charge in [0, 0.05) is 12.1 Å². The molecule has 132 valence electrons. The third kappa shape index (κ3) is 3.87. The molecule has 1 aromatic heterocycles. The summed E-state index contributed by atoms with van der Waals surface area (Å²) in [6.45, 7) is 0.0804. The van der Waals surface area contributed by atoms with E-state index >= 15 is 0 Å². The van der Waals surface area contributed by atoms with E-state index in [2.05, 4.69) is 15.2 Å². The highest BCUT2D eigenvalue weighted by molar-refractivity contribution is 5.95. The monoisotopic (exact) mass is 346 g/mol. The van der Waals surface area contributed by atoms with Crippen molar-refractivity contribution < 1.29 is 19.4 Å². The van der Waals surface area contributed by atoms with E-state index in [1.54, 1.807) is 23.1 Å². The highest BCUT2D eigenvalue weighted by Gasteiger charge is 2.31. The molecule has 1 aromatic carbocycles. The maximum absolute atomic E-state index is 12.9. The van der Waals surface area contributed by atoms with Crippen LogP contribution in [0.25, 0.3) is 0 Å². The number of benzene rings is 1. The molecule has 2 aromatic rings. The molecule has 9 nitrogen and oxygen atoms in total. The number of aromatic nitrogens is 3. The molecule has 0 aliphatic carbocycles. The van der Waals surface area contributed by atoms with Crippen molar-refractivity contribution >= 4 is 11.9 Å². The number of amides is 1. The lowest BCUT2D eigenvalue weighted by Crippen LogP contribution is -2.39. The van der Waals surface area contributed by atoms with Crippen molar-refractivity contribution in [2.45, 2.75) is 25.3 Å². The van der Waals surface area contributed by atoms with Crippen molar-refractivity contribution in [3.63, 3.8) is 0 Å². The highest BCUT2D eigenvalue weighted by atomic mass is 16.5. The molecule has 0 saturated carbocycles. The summed E-state index contributed by atoms with van der Waals surface area (Å²) in [7, 11) is 0. The number of aromatic amines is 2. The maximum Gasteiger partial charge on any atom is 0.341 e. The topological polar surface area (TPSA) is 128 Å². The number of carbonyl (C=O) groups is 2. The Hall–Kier alpha value is -3.10. The minimum Gasteiger partial charge on any atom is -0.482 e. The van der Waals surface area contributed by atoms with E-state index in [1.165, 1.54) is 6.07 Å². The molecule has 3 rings (SSSR count). The standard InChI is InChI=1S/C16H18N4O5/c21-13(22)9-25-11-5-3-4-10(8-11)15(23)20-7-2-1-6-12(20)14-17-16(24)19-18-14/h3-5,8,12H,1-2,6-7,9H2,(H,21,22)(H2,17,18,19,24). The molecule has 1 saturated heterocycles. The van der Waals surface area contributed by atoms with Gasteiger partial charge in [-0.3, -0.25) is 9.78 Å². The molecule has 0 bridgehead atoms. The van der Waals surface area contributed by atoms with Crippen LogP contribution in [0.15, 0.2) is 29.1 Å². The summed E-state index contributed by atoms with van der Waals surface area (Å²) in [6, 6.07) is 6.10. The van der Waals surface area contributed by atoms with Gasteiger partial charge in [0.25, 0.3) is 5.91 Å². The predicted octanol–water partition coefficient (Wildman–Crippen LogP) is 0.929. The minimum atomic E-state index is -1.09. The second kappa shape index (κ2) is 7.20. The number of carbonyl (C=O) groups excluding carboxylic acids is 1. The number of nitrogens with zero attached hydrogens (tertiary/aromatic N) is 2. The Morgan fingerprint density at radius 3 is 2.92 bits per heavy atom.